The summed E-state index contributed by atoms with van der Waals surface area (Å²) in [6.45, 7) is 5.81. The fourth-order valence-electron chi connectivity index (χ4n) is 2.42. The van der Waals surface area contributed by atoms with Crippen LogP contribution < -0.4 is 10.6 Å². The fraction of sp³-hybridized carbons (Fsp3) is 0.438. The van der Waals surface area contributed by atoms with Crippen molar-refractivity contribution in [2.24, 2.45) is 0 Å². The number of thiocarbonyl (C=S) groups is 1. The van der Waals surface area contributed by atoms with Gasteiger partial charge in [0, 0.05) is 29.7 Å². The van der Waals surface area contributed by atoms with Gasteiger partial charge in [0.2, 0.25) is 0 Å². The molecule has 0 amide bonds. The van der Waals surface area contributed by atoms with Crippen molar-refractivity contribution in [3.05, 3.63) is 35.3 Å². The van der Waals surface area contributed by atoms with E-state index in [-0.39, 0.29) is 5.82 Å². The lowest BCUT2D eigenvalue weighted by atomic mass is 10.1. The number of fused-ring (bicyclic) bond motifs is 1. The van der Waals surface area contributed by atoms with Crippen LogP contribution in [-0.4, -0.2) is 23.2 Å². The fourth-order valence-corrected chi connectivity index (χ4v) is 2.62. The third kappa shape index (κ3) is 4.17. The number of aryl methyl sites for hydroxylation is 1. The predicted octanol–water partition coefficient (Wildman–Crippen LogP) is 3.42. The van der Waals surface area contributed by atoms with Gasteiger partial charge in [-0.3, -0.25) is 0 Å². The minimum atomic E-state index is -0.201. The average Bonchev–Trinajstić information content (AvgIpc) is 2.75. The SMILES string of the molecule is CCCCNC(=S)NCCc1c(C)[nH]c2ccc(F)cc12. The molecule has 0 aliphatic rings. The third-order valence-corrected chi connectivity index (χ3v) is 3.85. The van der Waals surface area contributed by atoms with Crippen LogP contribution in [-0.2, 0) is 6.42 Å². The standard InChI is InChI=1S/C16H22FN3S/c1-3-4-8-18-16(21)19-9-7-13-11(2)20-15-6-5-12(17)10-14(13)15/h5-6,10,20H,3-4,7-9H2,1-2H3,(H2,18,19,21). The summed E-state index contributed by atoms with van der Waals surface area (Å²) in [6.07, 6.45) is 3.07. The summed E-state index contributed by atoms with van der Waals surface area (Å²) in [5.74, 6) is -0.201. The van der Waals surface area contributed by atoms with Crippen LogP contribution in [0.15, 0.2) is 18.2 Å². The molecule has 0 atom stereocenters. The van der Waals surface area contributed by atoms with E-state index < -0.39 is 0 Å². The lowest BCUT2D eigenvalue weighted by molar-refractivity contribution is 0.629. The molecule has 1 aromatic carbocycles. The third-order valence-electron chi connectivity index (χ3n) is 3.56. The zero-order valence-corrected chi connectivity index (χ0v) is 13.4. The molecule has 114 valence electrons. The van der Waals surface area contributed by atoms with Gasteiger partial charge in [-0.1, -0.05) is 13.3 Å². The summed E-state index contributed by atoms with van der Waals surface area (Å²) in [5, 5.41) is 8.02. The molecule has 3 nitrogen and oxygen atoms in total. The largest absolute Gasteiger partial charge is 0.363 e. The minimum absolute atomic E-state index is 0.201. The molecule has 0 unspecified atom stereocenters. The number of hydrogen-bond acceptors (Lipinski definition) is 1. The molecule has 0 saturated heterocycles. The van der Waals surface area contributed by atoms with E-state index in [4.69, 9.17) is 12.2 Å². The minimum Gasteiger partial charge on any atom is -0.363 e. The van der Waals surface area contributed by atoms with Gasteiger partial charge in [0.25, 0.3) is 0 Å². The zero-order valence-electron chi connectivity index (χ0n) is 12.6. The zero-order chi connectivity index (χ0) is 15.2. The molecule has 2 rings (SSSR count). The van der Waals surface area contributed by atoms with Crippen molar-refractivity contribution in [3.8, 4) is 0 Å². The van der Waals surface area contributed by atoms with E-state index in [0.717, 1.165) is 54.5 Å². The van der Waals surface area contributed by atoms with Gasteiger partial charge < -0.3 is 15.6 Å². The first-order chi connectivity index (χ1) is 10.1. The molecule has 5 heteroatoms. The highest BCUT2D eigenvalue weighted by atomic mass is 32.1. The molecule has 0 aliphatic heterocycles. The molecule has 0 bridgehead atoms. The molecule has 1 heterocycles. The number of aromatic nitrogens is 1. The molecule has 0 fully saturated rings. The summed E-state index contributed by atoms with van der Waals surface area (Å²) in [5.41, 5.74) is 3.21. The van der Waals surface area contributed by atoms with E-state index in [9.17, 15) is 4.39 Å². The molecule has 0 radical (unpaired) electrons. The van der Waals surface area contributed by atoms with Crippen LogP contribution in [0.25, 0.3) is 10.9 Å². The molecule has 0 spiro atoms. The second-order valence-corrected chi connectivity index (χ2v) is 5.61. The molecule has 1 aromatic heterocycles. The van der Waals surface area contributed by atoms with Crippen molar-refractivity contribution in [2.75, 3.05) is 13.1 Å². The Hall–Kier alpha value is -1.62. The summed E-state index contributed by atoms with van der Waals surface area (Å²) in [4.78, 5) is 3.29. The second-order valence-electron chi connectivity index (χ2n) is 5.20. The van der Waals surface area contributed by atoms with E-state index in [1.54, 1.807) is 12.1 Å². The van der Waals surface area contributed by atoms with Gasteiger partial charge in [0.05, 0.1) is 0 Å². The molecule has 21 heavy (non-hydrogen) atoms. The van der Waals surface area contributed by atoms with E-state index >= 15 is 0 Å². The number of rotatable bonds is 6. The van der Waals surface area contributed by atoms with Gasteiger partial charge in [-0.05, 0) is 55.7 Å². The number of benzene rings is 1. The van der Waals surface area contributed by atoms with Crippen LogP contribution >= 0.6 is 12.2 Å². The number of unbranched alkanes of at least 4 members (excludes halogenated alkanes) is 1. The quantitative estimate of drug-likeness (QED) is 0.566. The Kier molecular flexibility index (Phi) is 5.56. The van der Waals surface area contributed by atoms with Crippen LogP contribution in [0.3, 0.4) is 0 Å². The van der Waals surface area contributed by atoms with Gasteiger partial charge in [-0.25, -0.2) is 4.39 Å². The normalized spacial score (nSPS) is 10.8. The van der Waals surface area contributed by atoms with Crippen LogP contribution in [0.4, 0.5) is 4.39 Å². The highest BCUT2D eigenvalue weighted by molar-refractivity contribution is 7.80. The average molecular weight is 307 g/mol. The monoisotopic (exact) mass is 307 g/mol. The van der Waals surface area contributed by atoms with Gasteiger partial charge in [0.15, 0.2) is 5.11 Å². The Bertz CT molecular complexity index is 621. The summed E-state index contributed by atoms with van der Waals surface area (Å²) >= 11 is 5.22. The number of nitrogens with one attached hydrogen (secondary N) is 3. The first-order valence-corrected chi connectivity index (χ1v) is 7.81. The molecular weight excluding hydrogens is 285 g/mol. The van der Waals surface area contributed by atoms with Gasteiger partial charge >= 0.3 is 0 Å². The van der Waals surface area contributed by atoms with E-state index in [0.29, 0.717) is 5.11 Å². The van der Waals surface area contributed by atoms with Crippen LogP contribution in [0, 0.1) is 12.7 Å². The molecular formula is C16H22FN3S. The Morgan fingerprint density at radius 2 is 2.05 bits per heavy atom. The second kappa shape index (κ2) is 7.41. The van der Waals surface area contributed by atoms with Crippen molar-refractivity contribution in [2.45, 2.75) is 33.1 Å². The van der Waals surface area contributed by atoms with E-state index in [1.165, 1.54) is 6.07 Å². The van der Waals surface area contributed by atoms with Crippen molar-refractivity contribution in [1.29, 1.82) is 0 Å². The maximum atomic E-state index is 13.4. The van der Waals surface area contributed by atoms with Crippen LogP contribution in [0.2, 0.25) is 0 Å². The lowest BCUT2D eigenvalue weighted by Crippen LogP contribution is -2.36. The van der Waals surface area contributed by atoms with Crippen LogP contribution in [0.1, 0.15) is 31.0 Å². The molecule has 0 aliphatic carbocycles. The summed E-state index contributed by atoms with van der Waals surface area (Å²) < 4.78 is 13.4. The van der Waals surface area contributed by atoms with Gasteiger partial charge in [-0.15, -0.1) is 0 Å². The van der Waals surface area contributed by atoms with Crippen LogP contribution in [0.5, 0.6) is 0 Å². The maximum absolute atomic E-state index is 13.4. The number of aromatic amines is 1. The summed E-state index contributed by atoms with van der Waals surface area (Å²) in [7, 11) is 0. The smallest absolute Gasteiger partial charge is 0.166 e. The lowest BCUT2D eigenvalue weighted by Gasteiger charge is -2.10. The number of hydrogen-bond donors (Lipinski definition) is 3. The van der Waals surface area contributed by atoms with E-state index in [2.05, 4.69) is 22.5 Å². The van der Waals surface area contributed by atoms with Gasteiger partial charge in [-0.2, -0.15) is 0 Å². The Labute approximate surface area is 130 Å². The van der Waals surface area contributed by atoms with Crippen molar-refractivity contribution < 1.29 is 4.39 Å². The van der Waals surface area contributed by atoms with Crippen molar-refractivity contribution in [1.82, 2.24) is 15.6 Å². The highest BCUT2D eigenvalue weighted by Crippen LogP contribution is 2.23. The summed E-state index contributed by atoms with van der Waals surface area (Å²) in [6, 6.07) is 4.85. The number of H-pyrrole nitrogens is 1. The van der Waals surface area contributed by atoms with Gasteiger partial charge in [0.1, 0.15) is 5.82 Å². The molecule has 2 aromatic rings. The topological polar surface area (TPSA) is 39.8 Å². The van der Waals surface area contributed by atoms with E-state index in [1.807, 2.05) is 6.92 Å². The molecule has 3 N–H and O–H groups in total. The first-order valence-electron chi connectivity index (χ1n) is 7.40. The first kappa shape index (κ1) is 15.8. The Morgan fingerprint density at radius 3 is 2.81 bits per heavy atom. The molecule has 0 saturated carbocycles. The number of halogens is 1. The Morgan fingerprint density at radius 1 is 1.29 bits per heavy atom. The van der Waals surface area contributed by atoms with Crippen molar-refractivity contribution in [3.63, 3.8) is 0 Å². The van der Waals surface area contributed by atoms with Crippen molar-refractivity contribution >= 4 is 28.2 Å². The Balaban J connectivity index is 1.93. The highest BCUT2D eigenvalue weighted by Gasteiger charge is 2.09. The predicted molar refractivity (Wildman–Crippen MR) is 90.2 cm³/mol. The maximum Gasteiger partial charge on any atom is 0.166 e.